The number of nitrogens with two attached hydrogens (primary N) is 1. The standard InChI is InChI=1S/C10H20N2O2.ClH/c1-8(2)7-14-10(13)9-4-3-5-12(11)6-9;/h8-9H,3-7,11H2,1-2H3;1H. The molecule has 0 aromatic heterocycles. The van der Waals surface area contributed by atoms with Crippen LogP contribution in [0, 0.1) is 11.8 Å². The average Bonchev–Trinajstić information content (AvgIpc) is 2.14. The van der Waals surface area contributed by atoms with Crippen molar-refractivity contribution in [2.45, 2.75) is 26.7 Å². The van der Waals surface area contributed by atoms with Gasteiger partial charge in [-0.05, 0) is 18.8 Å². The largest absolute Gasteiger partial charge is 0.465 e. The predicted molar refractivity (Wildman–Crippen MR) is 61.5 cm³/mol. The fourth-order valence-electron chi connectivity index (χ4n) is 1.57. The zero-order valence-electron chi connectivity index (χ0n) is 9.44. The Labute approximate surface area is 97.5 Å². The number of carbonyl (C=O) groups is 1. The van der Waals surface area contributed by atoms with Crippen LogP contribution in [0.3, 0.4) is 0 Å². The Morgan fingerprint density at radius 2 is 2.27 bits per heavy atom. The number of hydrogen-bond donors (Lipinski definition) is 1. The Hall–Kier alpha value is -0.320. The Bertz CT molecular complexity index is 200. The van der Waals surface area contributed by atoms with E-state index in [1.807, 2.05) is 13.8 Å². The van der Waals surface area contributed by atoms with E-state index in [4.69, 9.17) is 10.6 Å². The molecule has 0 bridgehead atoms. The molecule has 1 aliphatic heterocycles. The molecule has 1 unspecified atom stereocenters. The van der Waals surface area contributed by atoms with Crippen LogP contribution in [0.4, 0.5) is 0 Å². The third-order valence-corrected chi connectivity index (χ3v) is 2.35. The van der Waals surface area contributed by atoms with Crippen LogP contribution in [-0.4, -0.2) is 30.7 Å². The minimum atomic E-state index is -0.0890. The molecule has 2 N–H and O–H groups in total. The summed E-state index contributed by atoms with van der Waals surface area (Å²) in [6.45, 7) is 6.09. The van der Waals surface area contributed by atoms with Gasteiger partial charge in [0.25, 0.3) is 0 Å². The van der Waals surface area contributed by atoms with Gasteiger partial charge in [0.1, 0.15) is 0 Å². The topological polar surface area (TPSA) is 55.6 Å². The predicted octanol–water partition coefficient (Wildman–Crippen LogP) is 1.19. The number of hydrazine groups is 1. The van der Waals surface area contributed by atoms with E-state index in [2.05, 4.69) is 0 Å². The molecular weight excluding hydrogens is 216 g/mol. The molecule has 1 saturated heterocycles. The van der Waals surface area contributed by atoms with E-state index in [0.717, 1.165) is 19.4 Å². The van der Waals surface area contributed by atoms with Gasteiger partial charge in [-0.25, -0.2) is 5.01 Å². The summed E-state index contributed by atoms with van der Waals surface area (Å²) in [6, 6.07) is 0. The number of nitrogens with zero attached hydrogens (tertiary/aromatic N) is 1. The summed E-state index contributed by atoms with van der Waals surface area (Å²) in [5.74, 6) is 5.93. The van der Waals surface area contributed by atoms with Crippen molar-refractivity contribution in [1.82, 2.24) is 5.01 Å². The van der Waals surface area contributed by atoms with Gasteiger partial charge >= 0.3 is 5.97 Å². The molecule has 0 aliphatic carbocycles. The second-order valence-electron chi connectivity index (χ2n) is 4.36. The van der Waals surface area contributed by atoms with Crippen molar-refractivity contribution < 1.29 is 9.53 Å². The van der Waals surface area contributed by atoms with Crippen LogP contribution in [0.5, 0.6) is 0 Å². The summed E-state index contributed by atoms with van der Waals surface area (Å²) in [6.07, 6.45) is 1.89. The van der Waals surface area contributed by atoms with Crippen LogP contribution < -0.4 is 5.84 Å². The third kappa shape index (κ3) is 5.35. The molecule has 0 radical (unpaired) electrons. The molecule has 1 fully saturated rings. The number of ether oxygens (including phenoxy) is 1. The quantitative estimate of drug-likeness (QED) is 0.591. The van der Waals surface area contributed by atoms with Crippen molar-refractivity contribution in [2.24, 2.45) is 17.7 Å². The van der Waals surface area contributed by atoms with E-state index in [9.17, 15) is 4.79 Å². The first-order valence-electron chi connectivity index (χ1n) is 5.26. The van der Waals surface area contributed by atoms with E-state index in [0.29, 0.717) is 19.1 Å². The Balaban J connectivity index is 0.00000196. The molecule has 90 valence electrons. The first-order valence-corrected chi connectivity index (χ1v) is 5.26. The second-order valence-corrected chi connectivity index (χ2v) is 4.36. The van der Waals surface area contributed by atoms with E-state index in [1.165, 1.54) is 0 Å². The fourth-order valence-corrected chi connectivity index (χ4v) is 1.57. The maximum Gasteiger partial charge on any atom is 0.310 e. The first kappa shape index (κ1) is 14.7. The fraction of sp³-hybridized carbons (Fsp3) is 0.900. The maximum atomic E-state index is 11.5. The lowest BCUT2D eigenvalue weighted by atomic mass is 9.99. The molecular formula is C10H21ClN2O2. The summed E-state index contributed by atoms with van der Waals surface area (Å²) in [4.78, 5) is 11.5. The lowest BCUT2D eigenvalue weighted by Crippen LogP contribution is -2.43. The summed E-state index contributed by atoms with van der Waals surface area (Å²) in [7, 11) is 0. The van der Waals surface area contributed by atoms with Gasteiger partial charge in [0.05, 0.1) is 12.5 Å². The van der Waals surface area contributed by atoms with Gasteiger partial charge in [-0.1, -0.05) is 13.8 Å². The van der Waals surface area contributed by atoms with Gasteiger partial charge in [-0.2, -0.15) is 0 Å². The molecule has 1 atom stereocenters. The highest BCUT2D eigenvalue weighted by atomic mass is 35.5. The van der Waals surface area contributed by atoms with Crippen molar-refractivity contribution in [3.63, 3.8) is 0 Å². The third-order valence-electron chi connectivity index (χ3n) is 2.35. The van der Waals surface area contributed by atoms with E-state index in [1.54, 1.807) is 5.01 Å². The highest BCUT2D eigenvalue weighted by Crippen LogP contribution is 2.15. The number of carbonyl (C=O) groups excluding carboxylic acids is 1. The SMILES string of the molecule is CC(C)COC(=O)C1CCCN(N)C1.Cl. The highest BCUT2D eigenvalue weighted by molar-refractivity contribution is 5.85. The van der Waals surface area contributed by atoms with Gasteiger partial charge in [0.15, 0.2) is 0 Å². The Morgan fingerprint density at radius 3 is 2.80 bits per heavy atom. The summed E-state index contributed by atoms with van der Waals surface area (Å²) in [5, 5.41) is 1.70. The van der Waals surface area contributed by atoms with E-state index in [-0.39, 0.29) is 24.3 Å². The number of halogens is 1. The van der Waals surface area contributed by atoms with Gasteiger partial charge in [-0.3, -0.25) is 10.6 Å². The summed E-state index contributed by atoms with van der Waals surface area (Å²) in [5.41, 5.74) is 0. The molecule has 0 saturated carbocycles. The maximum absolute atomic E-state index is 11.5. The van der Waals surface area contributed by atoms with Crippen molar-refractivity contribution in [3.05, 3.63) is 0 Å². The van der Waals surface area contributed by atoms with Crippen molar-refractivity contribution >= 4 is 18.4 Å². The molecule has 1 aliphatic rings. The molecule has 0 amide bonds. The van der Waals surface area contributed by atoms with Gasteiger partial charge < -0.3 is 4.74 Å². The van der Waals surface area contributed by atoms with Crippen LogP contribution in [0.2, 0.25) is 0 Å². The normalized spacial score (nSPS) is 22.3. The van der Waals surface area contributed by atoms with E-state index >= 15 is 0 Å². The zero-order chi connectivity index (χ0) is 10.6. The monoisotopic (exact) mass is 236 g/mol. The average molecular weight is 237 g/mol. The molecule has 15 heavy (non-hydrogen) atoms. The van der Waals surface area contributed by atoms with Crippen LogP contribution in [0.15, 0.2) is 0 Å². The minimum absolute atomic E-state index is 0. The first-order chi connectivity index (χ1) is 6.59. The lowest BCUT2D eigenvalue weighted by molar-refractivity contribution is -0.151. The molecule has 0 spiro atoms. The van der Waals surface area contributed by atoms with Crippen molar-refractivity contribution in [2.75, 3.05) is 19.7 Å². The van der Waals surface area contributed by atoms with Crippen LogP contribution in [-0.2, 0) is 9.53 Å². The van der Waals surface area contributed by atoms with Gasteiger partial charge in [0, 0.05) is 13.1 Å². The zero-order valence-corrected chi connectivity index (χ0v) is 10.3. The van der Waals surface area contributed by atoms with Gasteiger partial charge in [0.2, 0.25) is 0 Å². The number of esters is 1. The van der Waals surface area contributed by atoms with Crippen LogP contribution >= 0.6 is 12.4 Å². The Morgan fingerprint density at radius 1 is 1.60 bits per heavy atom. The molecule has 1 rings (SSSR count). The molecule has 0 aromatic carbocycles. The van der Waals surface area contributed by atoms with Crippen molar-refractivity contribution in [3.8, 4) is 0 Å². The molecule has 4 nitrogen and oxygen atoms in total. The summed E-state index contributed by atoms with van der Waals surface area (Å²) < 4.78 is 5.17. The molecule has 1 heterocycles. The van der Waals surface area contributed by atoms with Gasteiger partial charge in [-0.15, -0.1) is 12.4 Å². The van der Waals surface area contributed by atoms with Crippen LogP contribution in [0.1, 0.15) is 26.7 Å². The summed E-state index contributed by atoms with van der Waals surface area (Å²) >= 11 is 0. The Kier molecular flexibility index (Phi) is 6.89. The van der Waals surface area contributed by atoms with Crippen LogP contribution in [0.25, 0.3) is 0 Å². The van der Waals surface area contributed by atoms with Crippen molar-refractivity contribution in [1.29, 1.82) is 0 Å². The second kappa shape index (κ2) is 7.04. The molecule has 0 aromatic rings. The highest BCUT2D eigenvalue weighted by Gasteiger charge is 2.25. The number of rotatable bonds is 3. The number of piperidine rings is 1. The number of hydrogen-bond acceptors (Lipinski definition) is 4. The van der Waals surface area contributed by atoms with E-state index < -0.39 is 0 Å². The molecule has 5 heteroatoms. The smallest absolute Gasteiger partial charge is 0.310 e. The minimum Gasteiger partial charge on any atom is -0.465 e. The lowest BCUT2D eigenvalue weighted by Gasteiger charge is -2.27.